The van der Waals surface area contributed by atoms with Gasteiger partial charge in [-0.1, -0.05) is 11.6 Å². The van der Waals surface area contributed by atoms with Gasteiger partial charge in [0.05, 0.1) is 4.92 Å². The van der Waals surface area contributed by atoms with Gasteiger partial charge in [0.25, 0.3) is 5.69 Å². The largest absolute Gasteiger partial charge is 0.271 e. The van der Waals surface area contributed by atoms with Gasteiger partial charge in [-0.05, 0) is 11.6 Å². The number of hydrogen-bond acceptors (Lipinski definition) is 4. The first kappa shape index (κ1) is 9.91. The number of rotatable bonds is 3. The number of nitrogens with two attached hydrogens (primary N) is 1. The van der Waals surface area contributed by atoms with E-state index in [9.17, 15) is 10.1 Å². The van der Waals surface area contributed by atoms with Crippen LogP contribution in [0.2, 0.25) is 5.02 Å². The topological polar surface area (TPSA) is 81.2 Å². The molecule has 0 amide bonds. The zero-order valence-corrected chi connectivity index (χ0v) is 7.41. The van der Waals surface area contributed by atoms with Crippen molar-refractivity contribution < 1.29 is 4.92 Å². The van der Waals surface area contributed by atoms with Crippen LogP contribution in [0.3, 0.4) is 0 Å². The minimum Gasteiger partial charge on any atom is -0.271 e. The first-order chi connectivity index (χ1) is 6.15. The summed E-state index contributed by atoms with van der Waals surface area (Å²) in [6, 6.07) is 4.22. The van der Waals surface area contributed by atoms with Crippen LogP contribution in [0.15, 0.2) is 18.2 Å². The van der Waals surface area contributed by atoms with Gasteiger partial charge in [-0.15, -0.1) is 0 Å². The zero-order valence-electron chi connectivity index (χ0n) is 6.66. The monoisotopic (exact) mass is 201 g/mol. The molecule has 0 aliphatic carbocycles. The zero-order chi connectivity index (χ0) is 9.84. The van der Waals surface area contributed by atoms with Crippen molar-refractivity contribution in [3.63, 3.8) is 0 Å². The summed E-state index contributed by atoms with van der Waals surface area (Å²) in [6.45, 7) is 0.306. The molecule has 0 fully saturated rings. The predicted molar refractivity (Wildman–Crippen MR) is 49.1 cm³/mol. The van der Waals surface area contributed by atoms with E-state index in [1.54, 1.807) is 0 Å². The molecule has 1 aromatic carbocycles. The maximum atomic E-state index is 10.4. The summed E-state index contributed by atoms with van der Waals surface area (Å²) in [4.78, 5) is 9.90. The lowest BCUT2D eigenvalue weighted by Gasteiger charge is -2.01. The molecule has 0 saturated heterocycles. The molecule has 6 heteroatoms. The first-order valence-electron chi connectivity index (χ1n) is 3.51. The smallest absolute Gasteiger partial charge is 0.269 e. The molecule has 13 heavy (non-hydrogen) atoms. The Morgan fingerprint density at radius 1 is 1.62 bits per heavy atom. The Kier molecular flexibility index (Phi) is 3.18. The van der Waals surface area contributed by atoms with Gasteiger partial charge in [-0.2, -0.15) is 0 Å². The molecule has 0 radical (unpaired) electrons. The fourth-order valence-corrected chi connectivity index (χ4v) is 1.10. The standard InChI is InChI=1S/C7H8ClN3O2/c8-7-2-1-6(11(12)13)3-5(7)4-10-9/h1-3,10H,4,9H2. The molecule has 0 aliphatic heterocycles. The van der Waals surface area contributed by atoms with Crippen molar-refractivity contribution >= 4 is 17.3 Å². The average Bonchev–Trinajstić information content (AvgIpc) is 2.08. The van der Waals surface area contributed by atoms with E-state index in [0.29, 0.717) is 17.1 Å². The van der Waals surface area contributed by atoms with Crippen LogP contribution in [0.5, 0.6) is 0 Å². The molecule has 1 rings (SSSR count). The van der Waals surface area contributed by atoms with Gasteiger partial charge in [0.1, 0.15) is 0 Å². The fourth-order valence-electron chi connectivity index (χ4n) is 0.920. The third-order valence-corrected chi connectivity index (χ3v) is 1.90. The van der Waals surface area contributed by atoms with Crippen molar-refractivity contribution in [2.75, 3.05) is 0 Å². The average molecular weight is 202 g/mol. The summed E-state index contributed by atoms with van der Waals surface area (Å²) in [5.41, 5.74) is 3.00. The Balaban J connectivity index is 3.03. The van der Waals surface area contributed by atoms with Crippen LogP contribution in [0, 0.1) is 10.1 Å². The van der Waals surface area contributed by atoms with Gasteiger partial charge in [0, 0.05) is 23.7 Å². The van der Waals surface area contributed by atoms with Crippen molar-refractivity contribution in [1.82, 2.24) is 5.43 Å². The van der Waals surface area contributed by atoms with E-state index in [-0.39, 0.29) is 5.69 Å². The number of benzene rings is 1. The van der Waals surface area contributed by atoms with Gasteiger partial charge >= 0.3 is 0 Å². The quantitative estimate of drug-likeness (QED) is 0.438. The maximum absolute atomic E-state index is 10.4. The number of nitrogens with one attached hydrogen (secondary N) is 1. The molecule has 0 unspecified atom stereocenters. The second kappa shape index (κ2) is 4.18. The molecule has 1 aromatic rings. The summed E-state index contributed by atoms with van der Waals surface area (Å²) in [7, 11) is 0. The van der Waals surface area contributed by atoms with Crippen LogP contribution < -0.4 is 11.3 Å². The van der Waals surface area contributed by atoms with E-state index >= 15 is 0 Å². The Morgan fingerprint density at radius 2 is 2.31 bits per heavy atom. The lowest BCUT2D eigenvalue weighted by Crippen LogP contribution is -2.21. The summed E-state index contributed by atoms with van der Waals surface area (Å²) < 4.78 is 0. The summed E-state index contributed by atoms with van der Waals surface area (Å²) in [6.07, 6.45) is 0. The van der Waals surface area contributed by atoms with E-state index in [1.807, 2.05) is 0 Å². The van der Waals surface area contributed by atoms with Crippen LogP contribution in [0.25, 0.3) is 0 Å². The summed E-state index contributed by atoms with van der Waals surface area (Å²) in [5, 5.41) is 10.8. The number of nitro groups is 1. The third kappa shape index (κ3) is 2.38. The van der Waals surface area contributed by atoms with Gasteiger partial charge in [0.2, 0.25) is 0 Å². The van der Waals surface area contributed by atoms with Gasteiger partial charge in [0.15, 0.2) is 0 Å². The number of halogens is 1. The number of nitro benzene ring substituents is 1. The molecule has 0 bridgehead atoms. The molecule has 0 aromatic heterocycles. The molecule has 3 N–H and O–H groups in total. The van der Waals surface area contributed by atoms with Crippen LogP contribution in [-0.4, -0.2) is 4.92 Å². The highest BCUT2D eigenvalue weighted by Crippen LogP contribution is 2.21. The Bertz CT molecular complexity index is 330. The third-order valence-electron chi connectivity index (χ3n) is 1.53. The lowest BCUT2D eigenvalue weighted by atomic mass is 10.2. The van der Waals surface area contributed by atoms with Crippen molar-refractivity contribution in [2.45, 2.75) is 6.54 Å². The second-order valence-corrected chi connectivity index (χ2v) is 2.82. The maximum Gasteiger partial charge on any atom is 0.269 e. The van der Waals surface area contributed by atoms with Crippen LogP contribution >= 0.6 is 11.6 Å². The predicted octanol–water partition coefficient (Wildman–Crippen LogP) is 1.21. The normalized spacial score (nSPS) is 10.0. The van der Waals surface area contributed by atoms with E-state index in [2.05, 4.69) is 5.43 Å². The number of hydrogen-bond donors (Lipinski definition) is 2. The highest BCUT2D eigenvalue weighted by molar-refractivity contribution is 6.31. The van der Waals surface area contributed by atoms with Crippen molar-refractivity contribution in [2.24, 2.45) is 5.84 Å². The Morgan fingerprint density at radius 3 is 2.85 bits per heavy atom. The van der Waals surface area contributed by atoms with Crippen molar-refractivity contribution in [3.05, 3.63) is 38.9 Å². The molecule has 0 heterocycles. The van der Waals surface area contributed by atoms with Gasteiger partial charge in [-0.3, -0.25) is 21.4 Å². The van der Waals surface area contributed by atoms with Crippen LogP contribution in [0.4, 0.5) is 5.69 Å². The minimum absolute atomic E-state index is 0.00894. The molecule has 0 spiro atoms. The van der Waals surface area contributed by atoms with Crippen LogP contribution in [0.1, 0.15) is 5.56 Å². The molecule has 0 saturated carbocycles. The molecular formula is C7H8ClN3O2. The fraction of sp³-hybridized carbons (Fsp3) is 0.143. The second-order valence-electron chi connectivity index (χ2n) is 2.41. The van der Waals surface area contributed by atoms with Crippen molar-refractivity contribution in [3.8, 4) is 0 Å². The molecule has 70 valence electrons. The highest BCUT2D eigenvalue weighted by Gasteiger charge is 2.08. The Hall–Kier alpha value is -1.17. The first-order valence-corrected chi connectivity index (χ1v) is 3.89. The van der Waals surface area contributed by atoms with Crippen molar-refractivity contribution in [1.29, 1.82) is 0 Å². The molecule has 0 aliphatic rings. The lowest BCUT2D eigenvalue weighted by molar-refractivity contribution is -0.384. The number of nitrogens with zero attached hydrogens (tertiary/aromatic N) is 1. The SMILES string of the molecule is NNCc1cc([N+](=O)[O-])ccc1Cl. The molecular weight excluding hydrogens is 194 g/mol. The van der Waals surface area contributed by atoms with E-state index in [4.69, 9.17) is 17.4 Å². The number of hydrazine groups is 1. The molecule has 5 nitrogen and oxygen atoms in total. The van der Waals surface area contributed by atoms with Gasteiger partial charge < -0.3 is 0 Å². The summed E-state index contributed by atoms with van der Waals surface area (Å²) in [5.74, 6) is 5.08. The molecule has 0 atom stereocenters. The van der Waals surface area contributed by atoms with Gasteiger partial charge in [-0.25, -0.2) is 0 Å². The van der Waals surface area contributed by atoms with E-state index < -0.39 is 4.92 Å². The Labute approximate surface area is 79.6 Å². The highest BCUT2D eigenvalue weighted by atomic mass is 35.5. The number of non-ortho nitro benzene ring substituents is 1. The van der Waals surface area contributed by atoms with E-state index in [0.717, 1.165) is 0 Å². The minimum atomic E-state index is -0.476. The van der Waals surface area contributed by atoms with Crippen LogP contribution in [-0.2, 0) is 6.54 Å². The summed E-state index contributed by atoms with van der Waals surface area (Å²) >= 11 is 5.76. The van der Waals surface area contributed by atoms with E-state index in [1.165, 1.54) is 18.2 Å².